The molecular formula is C14H13Cl2FN2. The van der Waals surface area contributed by atoms with E-state index in [0.29, 0.717) is 11.6 Å². The molecule has 0 bridgehead atoms. The predicted molar refractivity (Wildman–Crippen MR) is 77.3 cm³/mol. The van der Waals surface area contributed by atoms with Crippen LogP contribution in [-0.2, 0) is 13.0 Å². The van der Waals surface area contributed by atoms with Crippen LogP contribution >= 0.6 is 24.0 Å². The summed E-state index contributed by atoms with van der Waals surface area (Å²) in [5.74, 6) is -0.125. The van der Waals surface area contributed by atoms with Gasteiger partial charge in [-0.3, -0.25) is 4.98 Å². The van der Waals surface area contributed by atoms with Crippen molar-refractivity contribution in [2.45, 2.75) is 13.0 Å². The summed E-state index contributed by atoms with van der Waals surface area (Å²) in [6.45, 7) is 1.50. The van der Waals surface area contributed by atoms with Gasteiger partial charge >= 0.3 is 0 Å². The molecule has 1 aromatic heterocycles. The SMILES string of the molecule is Cl.Fc1ccc(-c2ccncc2Cl)c2c1CCNC2. The van der Waals surface area contributed by atoms with E-state index in [1.54, 1.807) is 18.5 Å². The van der Waals surface area contributed by atoms with Crippen molar-refractivity contribution in [1.29, 1.82) is 0 Å². The fourth-order valence-electron chi connectivity index (χ4n) is 2.41. The van der Waals surface area contributed by atoms with E-state index in [1.807, 2.05) is 6.07 Å². The van der Waals surface area contributed by atoms with Crippen molar-refractivity contribution in [3.63, 3.8) is 0 Å². The van der Waals surface area contributed by atoms with Crippen LogP contribution in [-0.4, -0.2) is 11.5 Å². The van der Waals surface area contributed by atoms with Crippen molar-refractivity contribution in [1.82, 2.24) is 10.3 Å². The zero-order valence-electron chi connectivity index (χ0n) is 10.1. The second kappa shape index (κ2) is 5.87. The standard InChI is InChI=1S/C14H12ClFN2.ClH/c15-13-8-18-5-3-10(13)9-1-2-14(16)11-4-6-17-7-12(9)11;/h1-3,5,8,17H,4,6-7H2;1H. The van der Waals surface area contributed by atoms with Crippen LogP contribution in [0.5, 0.6) is 0 Å². The molecule has 0 saturated heterocycles. The lowest BCUT2D eigenvalue weighted by atomic mass is 9.92. The number of pyridine rings is 1. The maximum absolute atomic E-state index is 13.8. The molecule has 0 aliphatic carbocycles. The van der Waals surface area contributed by atoms with Crippen molar-refractivity contribution in [2.24, 2.45) is 0 Å². The maximum Gasteiger partial charge on any atom is 0.126 e. The highest BCUT2D eigenvalue weighted by Crippen LogP contribution is 2.33. The van der Waals surface area contributed by atoms with Crippen molar-refractivity contribution >= 4 is 24.0 Å². The highest BCUT2D eigenvalue weighted by Gasteiger charge is 2.18. The Morgan fingerprint density at radius 2 is 2.00 bits per heavy atom. The molecule has 0 spiro atoms. The normalized spacial score (nSPS) is 13.6. The van der Waals surface area contributed by atoms with Gasteiger partial charge in [-0.05, 0) is 41.8 Å². The van der Waals surface area contributed by atoms with Gasteiger partial charge in [0, 0.05) is 24.5 Å². The molecular weight excluding hydrogens is 286 g/mol. The number of nitrogens with zero attached hydrogens (tertiary/aromatic N) is 1. The second-order valence-electron chi connectivity index (χ2n) is 4.33. The Kier molecular flexibility index (Phi) is 4.40. The zero-order valence-corrected chi connectivity index (χ0v) is 11.7. The van der Waals surface area contributed by atoms with Crippen LogP contribution in [0.4, 0.5) is 4.39 Å². The van der Waals surface area contributed by atoms with Gasteiger partial charge in [-0.1, -0.05) is 17.7 Å². The Balaban J connectivity index is 0.00000133. The first-order chi connectivity index (χ1) is 8.77. The van der Waals surface area contributed by atoms with E-state index in [0.717, 1.165) is 35.2 Å². The first-order valence-electron chi connectivity index (χ1n) is 5.88. The Bertz CT molecular complexity index is 602. The van der Waals surface area contributed by atoms with Gasteiger partial charge in [0.25, 0.3) is 0 Å². The van der Waals surface area contributed by atoms with Crippen LogP contribution in [0.1, 0.15) is 11.1 Å². The van der Waals surface area contributed by atoms with E-state index in [1.165, 1.54) is 6.07 Å². The van der Waals surface area contributed by atoms with Gasteiger partial charge in [-0.2, -0.15) is 0 Å². The molecule has 0 saturated carbocycles. The van der Waals surface area contributed by atoms with Crippen LogP contribution < -0.4 is 5.32 Å². The summed E-state index contributed by atoms with van der Waals surface area (Å²) in [7, 11) is 0. The smallest absolute Gasteiger partial charge is 0.126 e. The van der Waals surface area contributed by atoms with Crippen molar-refractivity contribution in [2.75, 3.05) is 6.54 Å². The van der Waals surface area contributed by atoms with Gasteiger partial charge < -0.3 is 5.32 Å². The molecule has 2 heterocycles. The molecule has 5 heteroatoms. The monoisotopic (exact) mass is 298 g/mol. The molecule has 1 aliphatic heterocycles. The minimum absolute atomic E-state index is 0. The Labute approximate surface area is 122 Å². The molecule has 1 N–H and O–H groups in total. The molecule has 100 valence electrons. The fraction of sp³-hybridized carbons (Fsp3) is 0.214. The van der Waals surface area contributed by atoms with Crippen LogP contribution in [0.2, 0.25) is 5.02 Å². The average Bonchev–Trinajstić information content (AvgIpc) is 2.41. The summed E-state index contributed by atoms with van der Waals surface area (Å²) < 4.78 is 13.8. The van der Waals surface area contributed by atoms with E-state index < -0.39 is 0 Å². The van der Waals surface area contributed by atoms with Crippen LogP contribution in [0.25, 0.3) is 11.1 Å². The molecule has 0 unspecified atom stereocenters. The molecule has 19 heavy (non-hydrogen) atoms. The molecule has 0 amide bonds. The minimum Gasteiger partial charge on any atom is -0.312 e. The highest BCUT2D eigenvalue weighted by atomic mass is 35.5. The molecule has 0 atom stereocenters. The first kappa shape index (κ1) is 14.3. The van der Waals surface area contributed by atoms with E-state index in [2.05, 4.69) is 10.3 Å². The second-order valence-corrected chi connectivity index (χ2v) is 4.74. The minimum atomic E-state index is -0.125. The highest BCUT2D eigenvalue weighted by molar-refractivity contribution is 6.33. The third-order valence-corrected chi connectivity index (χ3v) is 3.59. The van der Waals surface area contributed by atoms with Crippen LogP contribution in [0.15, 0.2) is 30.6 Å². The number of rotatable bonds is 1. The Morgan fingerprint density at radius 3 is 2.79 bits per heavy atom. The molecule has 0 fully saturated rings. The third-order valence-electron chi connectivity index (χ3n) is 3.29. The molecule has 0 radical (unpaired) electrons. The average molecular weight is 299 g/mol. The van der Waals surface area contributed by atoms with Crippen LogP contribution in [0.3, 0.4) is 0 Å². The summed E-state index contributed by atoms with van der Waals surface area (Å²) in [6.07, 6.45) is 4.04. The number of nitrogens with one attached hydrogen (secondary N) is 1. The van der Waals surface area contributed by atoms with Gasteiger partial charge in [0.15, 0.2) is 0 Å². The quantitative estimate of drug-likeness (QED) is 0.870. The van der Waals surface area contributed by atoms with Gasteiger partial charge in [0.1, 0.15) is 5.82 Å². The van der Waals surface area contributed by atoms with Gasteiger partial charge in [-0.25, -0.2) is 4.39 Å². The van der Waals surface area contributed by atoms with Gasteiger partial charge in [0.2, 0.25) is 0 Å². The number of halogens is 3. The lowest BCUT2D eigenvalue weighted by Crippen LogP contribution is -2.25. The molecule has 1 aromatic carbocycles. The molecule has 3 rings (SSSR count). The molecule has 2 nitrogen and oxygen atoms in total. The summed E-state index contributed by atoms with van der Waals surface area (Å²) >= 11 is 6.16. The Morgan fingerprint density at radius 1 is 1.16 bits per heavy atom. The molecule has 1 aliphatic rings. The van der Waals surface area contributed by atoms with Gasteiger partial charge in [0.05, 0.1) is 5.02 Å². The van der Waals surface area contributed by atoms with Crippen molar-refractivity contribution in [3.8, 4) is 11.1 Å². The van der Waals surface area contributed by atoms with Crippen molar-refractivity contribution in [3.05, 3.63) is 52.6 Å². The lowest BCUT2D eigenvalue weighted by Gasteiger charge is -2.21. The predicted octanol–water partition coefficient (Wildman–Crippen LogP) is 3.61. The topological polar surface area (TPSA) is 24.9 Å². The zero-order chi connectivity index (χ0) is 12.5. The van der Waals surface area contributed by atoms with Crippen LogP contribution in [0, 0.1) is 5.82 Å². The fourth-order valence-corrected chi connectivity index (χ4v) is 2.63. The van der Waals surface area contributed by atoms with Crippen molar-refractivity contribution < 1.29 is 4.39 Å². The lowest BCUT2D eigenvalue weighted by molar-refractivity contribution is 0.570. The molecule has 2 aromatic rings. The van der Waals surface area contributed by atoms with E-state index in [-0.39, 0.29) is 18.2 Å². The number of fused-ring (bicyclic) bond motifs is 1. The van der Waals surface area contributed by atoms with E-state index in [4.69, 9.17) is 11.6 Å². The van der Waals surface area contributed by atoms with E-state index in [9.17, 15) is 4.39 Å². The first-order valence-corrected chi connectivity index (χ1v) is 6.26. The summed E-state index contributed by atoms with van der Waals surface area (Å²) in [4.78, 5) is 3.98. The summed E-state index contributed by atoms with van der Waals surface area (Å²) in [6, 6.07) is 5.18. The maximum atomic E-state index is 13.8. The van der Waals surface area contributed by atoms with Gasteiger partial charge in [-0.15, -0.1) is 12.4 Å². The largest absolute Gasteiger partial charge is 0.312 e. The summed E-state index contributed by atoms with van der Waals surface area (Å²) in [5, 5.41) is 3.87. The summed E-state index contributed by atoms with van der Waals surface area (Å²) in [5.41, 5.74) is 3.71. The Hall–Kier alpha value is -1.16. The number of hydrogen-bond acceptors (Lipinski definition) is 2. The number of aromatic nitrogens is 1. The number of hydrogen-bond donors (Lipinski definition) is 1. The van der Waals surface area contributed by atoms with E-state index >= 15 is 0 Å². The third kappa shape index (κ3) is 2.59. The number of benzene rings is 1.